The Labute approximate surface area is 128 Å². The van der Waals surface area contributed by atoms with Crippen molar-refractivity contribution in [3.8, 4) is 0 Å². The third kappa shape index (κ3) is 2.27. The third-order valence-electron chi connectivity index (χ3n) is 5.22. The lowest BCUT2D eigenvalue weighted by atomic mass is 9.91. The zero-order valence-electron chi connectivity index (χ0n) is 12.8. The number of hydrogen-bond donors (Lipinski definition) is 2. The summed E-state index contributed by atoms with van der Waals surface area (Å²) in [5, 5.41) is 12.4. The third-order valence-corrected chi connectivity index (χ3v) is 5.22. The molecule has 6 nitrogen and oxygen atoms in total. The van der Waals surface area contributed by atoms with E-state index in [0.717, 1.165) is 30.8 Å². The summed E-state index contributed by atoms with van der Waals surface area (Å²) in [7, 11) is 0. The predicted molar refractivity (Wildman–Crippen MR) is 82.7 cm³/mol. The van der Waals surface area contributed by atoms with Gasteiger partial charge in [0, 0.05) is 43.1 Å². The highest BCUT2D eigenvalue weighted by molar-refractivity contribution is 5.39. The number of H-pyrrole nitrogens is 1. The number of aryl methyl sites for hydroxylation is 1. The first-order chi connectivity index (χ1) is 10.6. The molecule has 118 valence electrons. The molecular weight excluding hydrogens is 280 g/mol. The van der Waals surface area contributed by atoms with Crippen LogP contribution in [0, 0.1) is 12.8 Å². The first-order valence-electron chi connectivity index (χ1n) is 8.09. The van der Waals surface area contributed by atoms with Gasteiger partial charge in [0.25, 0.3) is 5.56 Å². The van der Waals surface area contributed by atoms with Crippen LogP contribution in [-0.4, -0.2) is 43.3 Å². The van der Waals surface area contributed by atoms with Crippen LogP contribution >= 0.6 is 0 Å². The van der Waals surface area contributed by atoms with E-state index in [4.69, 9.17) is 0 Å². The van der Waals surface area contributed by atoms with Crippen molar-refractivity contribution in [2.24, 2.45) is 5.92 Å². The van der Waals surface area contributed by atoms with Gasteiger partial charge in [0.15, 0.2) is 5.65 Å². The summed E-state index contributed by atoms with van der Waals surface area (Å²) in [6.07, 6.45) is 4.53. The summed E-state index contributed by atoms with van der Waals surface area (Å²) < 4.78 is 1.49. The maximum Gasteiger partial charge on any atom is 0.272 e. The summed E-state index contributed by atoms with van der Waals surface area (Å²) in [6.45, 7) is 2.96. The molecule has 2 aliphatic heterocycles. The quantitative estimate of drug-likeness (QED) is 0.889. The van der Waals surface area contributed by atoms with Gasteiger partial charge in [0.05, 0.1) is 5.69 Å². The number of aromatic amines is 1. The average molecular weight is 302 g/mol. The minimum absolute atomic E-state index is 0.0503. The number of aliphatic hydroxyl groups excluding tert-OH is 1. The smallest absolute Gasteiger partial charge is 0.272 e. The molecule has 4 rings (SSSR count). The molecule has 2 bridgehead atoms. The number of rotatable bonds is 3. The van der Waals surface area contributed by atoms with E-state index in [2.05, 4.69) is 15.0 Å². The highest BCUT2D eigenvalue weighted by atomic mass is 16.3. The van der Waals surface area contributed by atoms with Crippen molar-refractivity contribution < 1.29 is 5.11 Å². The highest BCUT2D eigenvalue weighted by Gasteiger charge is 2.40. The fourth-order valence-electron chi connectivity index (χ4n) is 4.22. The number of nitrogens with one attached hydrogen (secondary N) is 1. The fraction of sp³-hybridized carbons (Fsp3) is 0.625. The zero-order chi connectivity index (χ0) is 15.3. The molecule has 0 aromatic carbocycles. The van der Waals surface area contributed by atoms with Gasteiger partial charge in [0.1, 0.15) is 0 Å². The molecule has 4 heterocycles. The fourth-order valence-corrected chi connectivity index (χ4v) is 4.22. The van der Waals surface area contributed by atoms with Gasteiger partial charge >= 0.3 is 0 Å². The molecule has 22 heavy (non-hydrogen) atoms. The molecule has 6 heteroatoms. The molecule has 0 amide bonds. The van der Waals surface area contributed by atoms with Crippen LogP contribution < -0.4 is 5.56 Å². The number of piperidine rings is 1. The molecule has 2 fully saturated rings. The molecular formula is C16H22N4O2. The van der Waals surface area contributed by atoms with Crippen LogP contribution in [0.25, 0.3) is 5.65 Å². The lowest BCUT2D eigenvalue weighted by Gasteiger charge is -2.38. The van der Waals surface area contributed by atoms with Gasteiger partial charge < -0.3 is 5.11 Å². The molecule has 1 unspecified atom stereocenters. The van der Waals surface area contributed by atoms with Crippen LogP contribution in [0.4, 0.5) is 0 Å². The van der Waals surface area contributed by atoms with Crippen molar-refractivity contribution in [2.75, 3.05) is 6.61 Å². The average Bonchev–Trinajstić information content (AvgIpc) is 2.95. The maximum atomic E-state index is 12.2. The van der Waals surface area contributed by atoms with Crippen LogP contribution in [0.2, 0.25) is 0 Å². The van der Waals surface area contributed by atoms with E-state index in [-0.39, 0.29) is 5.56 Å². The van der Waals surface area contributed by atoms with E-state index >= 15 is 0 Å². The molecule has 3 atom stereocenters. The van der Waals surface area contributed by atoms with E-state index < -0.39 is 0 Å². The predicted octanol–water partition coefficient (Wildman–Crippen LogP) is 1.07. The summed E-state index contributed by atoms with van der Waals surface area (Å²) in [5.41, 5.74) is 2.43. The molecule has 0 saturated carbocycles. The first kappa shape index (κ1) is 14.0. The number of aromatic nitrogens is 3. The van der Waals surface area contributed by atoms with Crippen molar-refractivity contribution >= 4 is 5.65 Å². The Morgan fingerprint density at radius 1 is 1.32 bits per heavy atom. The second-order valence-corrected chi connectivity index (χ2v) is 6.80. The van der Waals surface area contributed by atoms with Crippen LogP contribution in [0.15, 0.2) is 16.9 Å². The molecule has 2 aromatic heterocycles. The first-order valence-corrected chi connectivity index (χ1v) is 8.09. The Balaban J connectivity index is 1.60. The Kier molecular flexibility index (Phi) is 3.31. The molecule has 0 radical (unpaired) electrons. The van der Waals surface area contributed by atoms with Gasteiger partial charge in [-0.3, -0.25) is 14.8 Å². The maximum absolute atomic E-state index is 12.2. The van der Waals surface area contributed by atoms with Crippen LogP contribution in [0.3, 0.4) is 0 Å². The summed E-state index contributed by atoms with van der Waals surface area (Å²) in [4.78, 5) is 19.3. The van der Waals surface area contributed by atoms with Crippen molar-refractivity contribution in [1.82, 2.24) is 19.5 Å². The van der Waals surface area contributed by atoms with Crippen molar-refractivity contribution in [2.45, 2.75) is 51.2 Å². The second-order valence-electron chi connectivity index (χ2n) is 6.80. The van der Waals surface area contributed by atoms with Crippen molar-refractivity contribution in [3.63, 3.8) is 0 Å². The molecule has 2 saturated heterocycles. The minimum atomic E-state index is -0.0503. The molecule has 2 aliphatic rings. The normalized spacial score (nSPS) is 28.5. The van der Waals surface area contributed by atoms with Crippen LogP contribution in [-0.2, 0) is 6.54 Å². The van der Waals surface area contributed by atoms with Crippen molar-refractivity contribution in [1.29, 1.82) is 0 Å². The number of fused-ring (bicyclic) bond motifs is 3. The van der Waals surface area contributed by atoms with Gasteiger partial charge in [0.2, 0.25) is 0 Å². The minimum Gasteiger partial charge on any atom is -0.396 e. The Bertz CT molecular complexity index is 736. The molecule has 2 aromatic rings. The van der Waals surface area contributed by atoms with E-state index in [9.17, 15) is 9.90 Å². The van der Waals surface area contributed by atoms with Gasteiger partial charge in [-0.15, -0.1) is 0 Å². The lowest BCUT2D eigenvalue weighted by molar-refractivity contribution is 0.0674. The standard InChI is InChI=1S/C16H22N4O2/c1-10-4-15-17-12(7-16(22)20(15)18-10)8-19-13-2-3-14(19)6-11(5-13)9-21/h4,7,11,13-14,18,21H,2-3,5-6,8-9H2,1H3/t11?,13-,14+. The van der Waals surface area contributed by atoms with Gasteiger partial charge in [-0.1, -0.05) is 0 Å². The molecule has 0 aliphatic carbocycles. The number of hydrogen-bond acceptors (Lipinski definition) is 4. The SMILES string of the molecule is Cc1cc2nc(CN3[C@@H]4CC[C@H]3CC(CO)C4)cc(=O)n2[nH]1. The number of nitrogens with zero attached hydrogens (tertiary/aromatic N) is 3. The topological polar surface area (TPSA) is 73.6 Å². The Hall–Kier alpha value is -1.66. The Morgan fingerprint density at radius 2 is 2.05 bits per heavy atom. The molecule has 0 spiro atoms. The van der Waals surface area contributed by atoms with Gasteiger partial charge in [-0.05, 0) is 38.5 Å². The van der Waals surface area contributed by atoms with E-state index in [1.165, 1.54) is 17.4 Å². The zero-order valence-corrected chi connectivity index (χ0v) is 12.8. The summed E-state index contributed by atoms with van der Waals surface area (Å²) >= 11 is 0. The van der Waals surface area contributed by atoms with E-state index in [0.29, 0.717) is 30.3 Å². The summed E-state index contributed by atoms with van der Waals surface area (Å²) in [6, 6.07) is 4.60. The Morgan fingerprint density at radius 3 is 2.73 bits per heavy atom. The van der Waals surface area contributed by atoms with Crippen molar-refractivity contribution in [3.05, 3.63) is 33.9 Å². The largest absolute Gasteiger partial charge is 0.396 e. The van der Waals surface area contributed by atoms with Gasteiger partial charge in [-0.2, -0.15) is 0 Å². The number of aliphatic hydroxyl groups is 1. The van der Waals surface area contributed by atoms with Gasteiger partial charge in [-0.25, -0.2) is 9.50 Å². The molecule has 2 N–H and O–H groups in total. The second kappa shape index (κ2) is 5.21. The van der Waals surface area contributed by atoms with E-state index in [1.54, 1.807) is 6.07 Å². The highest BCUT2D eigenvalue weighted by Crippen LogP contribution is 2.39. The van der Waals surface area contributed by atoms with Crippen LogP contribution in [0.5, 0.6) is 0 Å². The van der Waals surface area contributed by atoms with E-state index in [1.807, 2.05) is 13.0 Å². The monoisotopic (exact) mass is 302 g/mol. The lowest BCUT2D eigenvalue weighted by Crippen LogP contribution is -2.43. The summed E-state index contributed by atoms with van der Waals surface area (Å²) in [5.74, 6) is 0.446. The van der Waals surface area contributed by atoms with Crippen LogP contribution in [0.1, 0.15) is 37.1 Å².